The molecule has 0 atom stereocenters. The van der Waals surface area contributed by atoms with E-state index < -0.39 is 5.82 Å². The Balaban J connectivity index is 1.55. The van der Waals surface area contributed by atoms with E-state index in [1.165, 1.54) is 18.6 Å². The van der Waals surface area contributed by atoms with Gasteiger partial charge >= 0.3 is 0 Å². The minimum atomic E-state index is -0.563. The van der Waals surface area contributed by atoms with Crippen molar-refractivity contribution in [2.45, 2.75) is 38.6 Å². The lowest BCUT2D eigenvalue weighted by Crippen LogP contribution is -2.33. The predicted octanol–water partition coefficient (Wildman–Crippen LogP) is 3.59. The number of likely N-dealkylation sites (N-methyl/N-ethyl adjacent to an activating group) is 1. The first-order valence-electron chi connectivity index (χ1n) is 8.35. The summed E-state index contributed by atoms with van der Waals surface area (Å²) < 4.78 is 19.0. The third-order valence-corrected chi connectivity index (χ3v) is 4.56. The molecule has 1 aromatic heterocycles. The van der Waals surface area contributed by atoms with Gasteiger partial charge < -0.3 is 9.84 Å². The van der Waals surface area contributed by atoms with Crippen molar-refractivity contribution in [2.24, 2.45) is 0 Å². The zero-order valence-corrected chi connectivity index (χ0v) is 14.7. The highest BCUT2D eigenvalue weighted by Gasteiger charge is 2.25. The van der Waals surface area contributed by atoms with Gasteiger partial charge in [-0.2, -0.15) is 4.98 Å². The molecule has 0 unspecified atom stereocenters. The molecule has 1 N–H and O–H groups in total. The fraction of sp³-hybridized carbons (Fsp3) is 0.471. The smallest absolute Gasteiger partial charge is 0.238 e. The van der Waals surface area contributed by atoms with Crippen LogP contribution >= 0.6 is 11.6 Å². The van der Waals surface area contributed by atoms with Crippen LogP contribution in [0.1, 0.15) is 43.8 Å². The third kappa shape index (κ3) is 4.55. The van der Waals surface area contributed by atoms with Gasteiger partial charge in [0.25, 0.3) is 0 Å². The molecule has 0 bridgehead atoms. The summed E-state index contributed by atoms with van der Waals surface area (Å²) in [4.78, 5) is 18.4. The molecule has 3 rings (SSSR count). The molecule has 1 aliphatic rings. The zero-order valence-electron chi connectivity index (χ0n) is 14.0. The number of benzene rings is 1. The summed E-state index contributed by atoms with van der Waals surface area (Å²) >= 11 is 5.71. The van der Waals surface area contributed by atoms with Crippen molar-refractivity contribution >= 4 is 23.2 Å². The summed E-state index contributed by atoms with van der Waals surface area (Å²) in [5.41, 5.74) is 0.109. The molecule has 25 heavy (non-hydrogen) atoms. The number of hydrogen-bond acceptors (Lipinski definition) is 5. The summed E-state index contributed by atoms with van der Waals surface area (Å²) in [6.07, 6.45) is 3.38. The van der Waals surface area contributed by atoms with E-state index in [2.05, 4.69) is 15.5 Å². The van der Waals surface area contributed by atoms with Crippen LogP contribution in [-0.2, 0) is 11.3 Å². The lowest BCUT2D eigenvalue weighted by molar-refractivity contribution is -0.117. The topological polar surface area (TPSA) is 71.3 Å². The Hall–Kier alpha value is -1.99. The number of halogens is 2. The van der Waals surface area contributed by atoms with E-state index in [9.17, 15) is 9.18 Å². The molecule has 134 valence electrons. The van der Waals surface area contributed by atoms with Crippen molar-refractivity contribution in [1.29, 1.82) is 0 Å². The van der Waals surface area contributed by atoms with E-state index in [0.29, 0.717) is 30.7 Å². The number of rotatable bonds is 7. The summed E-state index contributed by atoms with van der Waals surface area (Å²) in [5.74, 6) is 0.754. The Kier molecular flexibility index (Phi) is 5.65. The molecule has 0 aliphatic heterocycles. The number of hydrogen-bond donors (Lipinski definition) is 1. The quantitative estimate of drug-likeness (QED) is 0.810. The average Bonchev–Trinajstić information content (AvgIpc) is 2.95. The van der Waals surface area contributed by atoms with Crippen LogP contribution in [-0.4, -0.2) is 34.0 Å². The molecule has 6 nitrogen and oxygen atoms in total. The Morgan fingerprint density at radius 3 is 2.92 bits per heavy atom. The molecule has 1 aliphatic carbocycles. The molecule has 0 saturated heterocycles. The van der Waals surface area contributed by atoms with Gasteiger partial charge in [0.2, 0.25) is 11.8 Å². The fourth-order valence-electron chi connectivity index (χ4n) is 2.62. The third-order valence-electron chi connectivity index (χ3n) is 4.32. The summed E-state index contributed by atoms with van der Waals surface area (Å²) in [6, 6.07) is 4.13. The standard InChI is InChI=1S/C17H20ClFN4O2/c1-2-23(9-15-21-17(25-22-15)11-4-3-5-11)10-16(24)20-14-7-6-12(18)8-13(14)19/h6-8,11H,2-5,9-10H2,1H3,(H,20,24). The second kappa shape index (κ2) is 7.93. The summed E-state index contributed by atoms with van der Waals surface area (Å²) in [7, 11) is 0. The van der Waals surface area contributed by atoms with E-state index in [-0.39, 0.29) is 23.2 Å². The molecule has 1 amide bonds. The molecule has 2 aromatic rings. The lowest BCUT2D eigenvalue weighted by atomic mass is 9.85. The molecule has 8 heteroatoms. The Bertz CT molecular complexity index is 748. The number of nitrogens with one attached hydrogen (secondary N) is 1. The van der Waals surface area contributed by atoms with Crippen molar-refractivity contribution in [2.75, 3.05) is 18.4 Å². The first kappa shape index (κ1) is 17.8. The maximum Gasteiger partial charge on any atom is 0.238 e. The first-order chi connectivity index (χ1) is 12.0. The number of nitrogens with zero attached hydrogens (tertiary/aromatic N) is 3. The van der Waals surface area contributed by atoms with Crippen molar-refractivity contribution in [1.82, 2.24) is 15.0 Å². The van der Waals surface area contributed by atoms with Gasteiger partial charge in [-0.05, 0) is 37.6 Å². The maximum atomic E-state index is 13.7. The van der Waals surface area contributed by atoms with Crippen LogP contribution in [0.2, 0.25) is 5.02 Å². The van der Waals surface area contributed by atoms with Gasteiger partial charge in [0.15, 0.2) is 5.82 Å². The van der Waals surface area contributed by atoms with Crippen LogP contribution < -0.4 is 5.32 Å². The van der Waals surface area contributed by atoms with Gasteiger partial charge in [-0.3, -0.25) is 9.69 Å². The minimum Gasteiger partial charge on any atom is -0.339 e. The van der Waals surface area contributed by atoms with E-state index in [1.807, 2.05) is 11.8 Å². The second-order valence-corrected chi connectivity index (χ2v) is 6.59. The van der Waals surface area contributed by atoms with Gasteiger partial charge in [-0.1, -0.05) is 30.1 Å². The average molecular weight is 367 g/mol. The second-order valence-electron chi connectivity index (χ2n) is 6.15. The van der Waals surface area contributed by atoms with Crippen molar-refractivity contribution in [3.8, 4) is 0 Å². The minimum absolute atomic E-state index is 0.103. The van der Waals surface area contributed by atoms with Crippen molar-refractivity contribution in [3.05, 3.63) is 40.8 Å². The molecular weight excluding hydrogens is 347 g/mol. The van der Waals surface area contributed by atoms with Crippen LogP contribution in [0.25, 0.3) is 0 Å². The van der Waals surface area contributed by atoms with E-state index in [4.69, 9.17) is 16.1 Å². The Morgan fingerprint density at radius 1 is 1.48 bits per heavy atom. The van der Waals surface area contributed by atoms with E-state index >= 15 is 0 Å². The van der Waals surface area contributed by atoms with Crippen LogP contribution in [0.3, 0.4) is 0 Å². The highest BCUT2D eigenvalue weighted by Crippen LogP contribution is 2.35. The number of amides is 1. The van der Waals surface area contributed by atoms with Crippen molar-refractivity contribution < 1.29 is 13.7 Å². The van der Waals surface area contributed by atoms with Gasteiger partial charge in [0, 0.05) is 10.9 Å². The van der Waals surface area contributed by atoms with Gasteiger partial charge in [0.05, 0.1) is 18.8 Å². The number of anilines is 1. The molecule has 0 spiro atoms. The van der Waals surface area contributed by atoms with Gasteiger partial charge in [-0.25, -0.2) is 4.39 Å². The van der Waals surface area contributed by atoms with Crippen molar-refractivity contribution in [3.63, 3.8) is 0 Å². The molecule has 1 heterocycles. The van der Waals surface area contributed by atoms with E-state index in [0.717, 1.165) is 18.9 Å². The van der Waals surface area contributed by atoms with Crippen LogP contribution in [0.15, 0.2) is 22.7 Å². The van der Waals surface area contributed by atoms with Crippen LogP contribution in [0.4, 0.5) is 10.1 Å². The number of aromatic nitrogens is 2. The SMILES string of the molecule is CCN(CC(=O)Nc1ccc(Cl)cc1F)Cc1noc(C2CCC2)n1. The molecule has 1 aromatic carbocycles. The largest absolute Gasteiger partial charge is 0.339 e. The molecule has 1 saturated carbocycles. The number of carbonyl (C=O) groups is 1. The summed E-state index contributed by atoms with van der Waals surface area (Å²) in [5, 5.41) is 6.82. The molecule has 0 radical (unpaired) electrons. The zero-order chi connectivity index (χ0) is 17.8. The van der Waals surface area contributed by atoms with Gasteiger partial charge in [0.1, 0.15) is 5.82 Å². The monoisotopic (exact) mass is 366 g/mol. The summed E-state index contributed by atoms with van der Waals surface area (Å²) in [6.45, 7) is 3.07. The Morgan fingerprint density at radius 2 is 2.28 bits per heavy atom. The maximum absolute atomic E-state index is 13.7. The number of carbonyl (C=O) groups excluding carboxylic acids is 1. The predicted molar refractivity (Wildman–Crippen MR) is 91.9 cm³/mol. The molecular formula is C17H20ClFN4O2. The lowest BCUT2D eigenvalue weighted by Gasteiger charge is -2.20. The molecule has 1 fully saturated rings. The van der Waals surface area contributed by atoms with Crippen LogP contribution in [0.5, 0.6) is 0 Å². The first-order valence-corrected chi connectivity index (χ1v) is 8.72. The normalized spacial score (nSPS) is 14.6. The van der Waals surface area contributed by atoms with Gasteiger partial charge in [-0.15, -0.1) is 0 Å². The van der Waals surface area contributed by atoms with E-state index in [1.54, 1.807) is 0 Å². The fourth-order valence-corrected chi connectivity index (χ4v) is 2.77. The highest BCUT2D eigenvalue weighted by molar-refractivity contribution is 6.30. The van der Waals surface area contributed by atoms with Crippen LogP contribution in [0, 0.1) is 5.82 Å². The highest BCUT2D eigenvalue weighted by atomic mass is 35.5. The Labute approximate surface area is 150 Å².